The molecule has 1 aliphatic carbocycles. The molecule has 1 fully saturated rings. The second kappa shape index (κ2) is 6.77. The quantitative estimate of drug-likeness (QED) is 0.807. The molecular formula is C15H24N2O3S. The first-order valence-electron chi connectivity index (χ1n) is 7.46. The van der Waals surface area contributed by atoms with Crippen LogP contribution in [0.25, 0.3) is 0 Å². The average Bonchev–Trinajstić information content (AvgIpc) is 2.36. The van der Waals surface area contributed by atoms with E-state index in [9.17, 15) is 8.42 Å². The minimum atomic E-state index is -3.51. The van der Waals surface area contributed by atoms with Crippen molar-refractivity contribution < 1.29 is 13.2 Å². The minimum Gasteiger partial charge on any atom is -0.494 e. The Labute approximate surface area is 126 Å². The van der Waals surface area contributed by atoms with Crippen LogP contribution in [-0.4, -0.2) is 21.1 Å². The standard InChI is InChI=1S/C15H24N2O3S/c1-3-20-15-8-7-14(9-13(15)10-16)21(18,19)17-11(2)12-5-4-6-12/h7-9,11-12,17H,3-6,10,16H2,1-2H3. The Balaban J connectivity index is 2.18. The summed E-state index contributed by atoms with van der Waals surface area (Å²) in [6, 6.07) is 4.81. The van der Waals surface area contributed by atoms with E-state index in [1.54, 1.807) is 18.2 Å². The third-order valence-electron chi connectivity index (χ3n) is 4.06. The SMILES string of the molecule is CCOc1ccc(S(=O)(=O)NC(C)C2CCC2)cc1CN. The van der Waals surface area contributed by atoms with Gasteiger partial charge in [-0.3, -0.25) is 0 Å². The summed E-state index contributed by atoms with van der Waals surface area (Å²) in [5.41, 5.74) is 6.38. The first-order chi connectivity index (χ1) is 9.97. The molecule has 1 aromatic carbocycles. The fourth-order valence-corrected chi connectivity index (χ4v) is 3.89. The average molecular weight is 312 g/mol. The summed E-state index contributed by atoms with van der Waals surface area (Å²) >= 11 is 0. The highest BCUT2D eigenvalue weighted by molar-refractivity contribution is 7.89. The summed E-state index contributed by atoms with van der Waals surface area (Å²) in [6.45, 7) is 4.58. The maximum atomic E-state index is 12.4. The first-order valence-corrected chi connectivity index (χ1v) is 8.94. The van der Waals surface area contributed by atoms with E-state index in [1.807, 2.05) is 13.8 Å². The Morgan fingerprint density at radius 1 is 1.43 bits per heavy atom. The molecule has 1 unspecified atom stereocenters. The Bertz CT molecular complexity index is 583. The van der Waals surface area contributed by atoms with E-state index in [1.165, 1.54) is 6.42 Å². The molecule has 0 aliphatic heterocycles. The predicted octanol–water partition coefficient (Wildman–Crippen LogP) is 2.01. The Morgan fingerprint density at radius 3 is 2.67 bits per heavy atom. The largest absolute Gasteiger partial charge is 0.494 e. The van der Waals surface area contributed by atoms with Gasteiger partial charge in [0.25, 0.3) is 0 Å². The van der Waals surface area contributed by atoms with Gasteiger partial charge in [0.05, 0.1) is 11.5 Å². The zero-order valence-electron chi connectivity index (χ0n) is 12.6. The molecule has 2 rings (SSSR count). The lowest BCUT2D eigenvalue weighted by Gasteiger charge is -2.31. The van der Waals surface area contributed by atoms with Crippen LogP contribution in [0.15, 0.2) is 23.1 Å². The molecule has 1 saturated carbocycles. The lowest BCUT2D eigenvalue weighted by molar-refractivity contribution is 0.260. The molecule has 0 radical (unpaired) electrons. The lowest BCUT2D eigenvalue weighted by Crippen LogP contribution is -2.40. The van der Waals surface area contributed by atoms with Crippen molar-refractivity contribution >= 4 is 10.0 Å². The molecular weight excluding hydrogens is 288 g/mol. The van der Waals surface area contributed by atoms with Crippen molar-refractivity contribution in [1.82, 2.24) is 4.72 Å². The van der Waals surface area contributed by atoms with Gasteiger partial charge in [0, 0.05) is 18.2 Å². The highest BCUT2D eigenvalue weighted by atomic mass is 32.2. The van der Waals surface area contributed by atoms with Crippen LogP contribution in [-0.2, 0) is 16.6 Å². The predicted molar refractivity (Wildman–Crippen MR) is 82.6 cm³/mol. The van der Waals surface area contributed by atoms with Crippen LogP contribution in [0.3, 0.4) is 0 Å². The summed E-state index contributed by atoms with van der Waals surface area (Å²) < 4.78 is 33.1. The maximum absolute atomic E-state index is 12.4. The van der Waals surface area contributed by atoms with Gasteiger partial charge in [0.2, 0.25) is 10.0 Å². The molecule has 1 aliphatic rings. The number of rotatable bonds is 7. The summed E-state index contributed by atoms with van der Waals surface area (Å²) in [5.74, 6) is 1.10. The number of nitrogens with one attached hydrogen (secondary N) is 1. The topological polar surface area (TPSA) is 81.4 Å². The zero-order valence-corrected chi connectivity index (χ0v) is 13.4. The molecule has 21 heavy (non-hydrogen) atoms. The van der Waals surface area contributed by atoms with Gasteiger partial charge in [0.15, 0.2) is 0 Å². The van der Waals surface area contributed by atoms with Crippen LogP contribution < -0.4 is 15.2 Å². The highest BCUT2D eigenvalue weighted by Crippen LogP contribution is 2.30. The zero-order chi connectivity index (χ0) is 15.5. The third-order valence-corrected chi connectivity index (χ3v) is 5.62. The van der Waals surface area contributed by atoms with Gasteiger partial charge in [-0.1, -0.05) is 6.42 Å². The Kier molecular flexibility index (Phi) is 5.24. The number of hydrogen-bond donors (Lipinski definition) is 2. The summed E-state index contributed by atoms with van der Waals surface area (Å²) in [4.78, 5) is 0.248. The monoisotopic (exact) mass is 312 g/mol. The van der Waals surface area contributed by atoms with Crippen LogP contribution in [0, 0.1) is 5.92 Å². The van der Waals surface area contributed by atoms with Crippen molar-refractivity contribution in [3.05, 3.63) is 23.8 Å². The molecule has 6 heteroatoms. The Hall–Kier alpha value is -1.11. The lowest BCUT2D eigenvalue weighted by atomic mass is 9.81. The van der Waals surface area contributed by atoms with Crippen molar-refractivity contribution in [2.75, 3.05) is 6.61 Å². The number of benzene rings is 1. The summed E-state index contributed by atoms with van der Waals surface area (Å²) in [5, 5.41) is 0. The first kappa shape index (κ1) is 16.3. The molecule has 3 N–H and O–H groups in total. The van der Waals surface area contributed by atoms with Crippen LogP contribution in [0.4, 0.5) is 0 Å². The van der Waals surface area contributed by atoms with E-state index < -0.39 is 10.0 Å². The van der Waals surface area contributed by atoms with Crippen molar-refractivity contribution in [3.63, 3.8) is 0 Å². The summed E-state index contributed by atoms with van der Waals surface area (Å²) in [7, 11) is -3.51. The van der Waals surface area contributed by atoms with Gasteiger partial charge in [-0.2, -0.15) is 0 Å². The maximum Gasteiger partial charge on any atom is 0.240 e. The normalized spacial score (nSPS) is 17.3. The van der Waals surface area contributed by atoms with Crippen LogP contribution in [0.1, 0.15) is 38.7 Å². The van der Waals surface area contributed by atoms with E-state index >= 15 is 0 Å². The van der Waals surface area contributed by atoms with Crippen molar-refractivity contribution in [1.29, 1.82) is 0 Å². The van der Waals surface area contributed by atoms with E-state index in [-0.39, 0.29) is 17.5 Å². The molecule has 0 saturated heterocycles. The molecule has 0 heterocycles. The number of sulfonamides is 1. The van der Waals surface area contributed by atoms with Crippen LogP contribution in [0.2, 0.25) is 0 Å². The molecule has 1 atom stereocenters. The van der Waals surface area contributed by atoms with Gasteiger partial charge in [0.1, 0.15) is 5.75 Å². The second-order valence-electron chi connectivity index (χ2n) is 5.51. The van der Waals surface area contributed by atoms with Gasteiger partial charge in [-0.05, 0) is 50.8 Å². The summed E-state index contributed by atoms with van der Waals surface area (Å²) in [6.07, 6.45) is 3.39. The van der Waals surface area contributed by atoms with Gasteiger partial charge >= 0.3 is 0 Å². The van der Waals surface area contributed by atoms with E-state index in [0.29, 0.717) is 23.8 Å². The number of nitrogens with two attached hydrogens (primary N) is 1. The smallest absolute Gasteiger partial charge is 0.240 e. The fourth-order valence-electron chi connectivity index (χ4n) is 2.53. The Morgan fingerprint density at radius 2 is 2.14 bits per heavy atom. The number of ether oxygens (including phenoxy) is 1. The molecule has 0 bridgehead atoms. The van der Waals surface area contributed by atoms with Crippen LogP contribution in [0.5, 0.6) is 5.75 Å². The fraction of sp³-hybridized carbons (Fsp3) is 0.600. The van der Waals surface area contributed by atoms with Crippen molar-refractivity contribution in [2.24, 2.45) is 11.7 Å². The van der Waals surface area contributed by atoms with E-state index in [0.717, 1.165) is 12.8 Å². The van der Waals surface area contributed by atoms with Crippen molar-refractivity contribution in [3.8, 4) is 5.75 Å². The molecule has 0 amide bonds. The second-order valence-corrected chi connectivity index (χ2v) is 7.22. The van der Waals surface area contributed by atoms with E-state index in [4.69, 9.17) is 10.5 Å². The molecule has 1 aromatic rings. The highest BCUT2D eigenvalue weighted by Gasteiger charge is 2.28. The molecule has 5 nitrogen and oxygen atoms in total. The van der Waals surface area contributed by atoms with Gasteiger partial charge in [-0.25, -0.2) is 13.1 Å². The minimum absolute atomic E-state index is 0.0309. The molecule has 0 aromatic heterocycles. The van der Waals surface area contributed by atoms with Gasteiger partial charge < -0.3 is 10.5 Å². The number of hydrogen-bond acceptors (Lipinski definition) is 4. The van der Waals surface area contributed by atoms with E-state index in [2.05, 4.69) is 4.72 Å². The van der Waals surface area contributed by atoms with Gasteiger partial charge in [-0.15, -0.1) is 0 Å². The molecule has 118 valence electrons. The molecule has 0 spiro atoms. The van der Waals surface area contributed by atoms with Crippen LogP contribution >= 0.6 is 0 Å². The van der Waals surface area contributed by atoms with Crippen molar-refractivity contribution in [2.45, 2.75) is 50.6 Å². The third kappa shape index (κ3) is 3.75.